The maximum absolute atomic E-state index is 13.0. The molecule has 1 aromatic carbocycles. The van der Waals surface area contributed by atoms with Crippen molar-refractivity contribution >= 4 is 6.08 Å². The summed E-state index contributed by atoms with van der Waals surface area (Å²) < 4.78 is 13.0. The van der Waals surface area contributed by atoms with Crippen LogP contribution in [0.25, 0.3) is 6.08 Å². The Hall–Kier alpha value is -1.15. The Labute approximate surface area is 71.7 Å². The number of hydrogen-bond acceptors (Lipinski definition) is 1. The molecule has 0 atom stereocenters. The fraction of sp³-hybridized carbons (Fsp3) is 0.200. The van der Waals surface area contributed by atoms with Gasteiger partial charge in [-0.2, -0.15) is 0 Å². The molecule has 0 bridgehead atoms. The Kier molecular flexibility index (Phi) is 3.00. The van der Waals surface area contributed by atoms with Gasteiger partial charge in [0.15, 0.2) is 0 Å². The topological polar surface area (TPSA) is 26.0 Å². The van der Waals surface area contributed by atoms with Crippen molar-refractivity contribution < 1.29 is 4.39 Å². The van der Waals surface area contributed by atoms with Crippen molar-refractivity contribution in [3.63, 3.8) is 0 Å². The van der Waals surface area contributed by atoms with Crippen molar-refractivity contribution in [2.75, 3.05) is 6.54 Å². The van der Waals surface area contributed by atoms with Crippen molar-refractivity contribution in [2.45, 2.75) is 6.92 Å². The minimum absolute atomic E-state index is 0.203. The second-order valence-corrected chi connectivity index (χ2v) is 2.66. The van der Waals surface area contributed by atoms with E-state index in [2.05, 4.69) is 0 Å². The SMILES string of the molecule is Cc1ccc(F)c(C=CCN)c1. The molecule has 0 saturated heterocycles. The normalized spacial score (nSPS) is 10.9. The van der Waals surface area contributed by atoms with Crippen molar-refractivity contribution in [2.24, 2.45) is 5.73 Å². The highest BCUT2D eigenvalue weighted by molar-refractivity contribution is 5.51. The van der Waals surface area contributed by atoms with Gasteiger partial charge < -0.3 is 5.73 Å². The summed E-state index contributed by atoms with van der Waals surface area (Å²) in [6, 6.07) is 5.00. The molecule has 12 heavy (non-hydrogen) atoms. The van der Waals surface area contributed by atoms with Crippen molar-refractivity contribution in [3.8, 4) is 0 Å². The highest BCUT2D eigenvalue weighted by Gasteiger charge is 1.96. The lowest BCUT2D eigenvalue weighted by molar-refractivity contribution is 0.624. The Morgan fingerprint density at radius 1 is 1.50 bits per heavy atom. The first-order chi connectivity index (χ1) is 5.74. The largest absolute Gasteiger partial charge is 0.327 e. The maximum atomic E-state index is 13.0. The first-order valence-electron chi connectivity index (χ1n) is 3.87. The standard InChI is InChI=1S/C10H12FN/c1-8-4-5-10(11)9(7-8)3-2-6-12/h2-5,7H,6,12H2,1H3. The lowest BCUT2D eigenvalue weighted by Gasteiger charge is -1.97. The first kappa shape index (κ1) is 8.94. The predicted molar refractivity (Wildman–Crippen MR) is 49.2 cm³/mol. The fourth-order valence-electron chi connectivity index (χ4n) is 0.986. The molecule has 0 aliphatic carbocycles. The van der Waals surface area contributed by atoms with Gasteiger partial charge in [0.25, 0.3) is 0 Å². The van der Waals surface area contributed by atoms with Crippen LogP contribution in [0.15, 0.2) is 24.3 Å². The molecule has 0 heterocycles. The molecule has 1 rings (SSSR count). The van der Waals surface area contributed by atoms with Crippen LogP contribution in [-0.4, -0.2) is 6.54 Å². The van der Waals surface area contributed by atoms with Crippen LogP contribution in [0.4, 0.5) is 4.39 Å². The van der Waals surface area contributed by atoms with Crippen molar-refractivity contribution in [3.05, 3.63) is 41.2 Å². The predicted octanol–water partition coefficient (Wildman–Crippen LogP) is 2.11. The lowest BCUT2D eigenvalue weighted by Crippen LogP contribution is -1.92. The van der Waals surface area contributed by atoms with Gasteiger partial charge in [-0.05, 0) is 19.1 Å². The molecule has 0 unspecified atom stereocenters. The zero-order valence-corrected chi connectivity index (χ0v) is 7.05. The summed E-state index contributed by atoms with van der Waals surface area (Å²) in [6.07, 6.45) is 3.43. The van der Waals surface area contributed by atoms with Crippen LogP contribution in [0.3, 0.4) is 0 Å². The van der Waals surface area contributed by atoms with Crippen LogP contribution < -0.4 is 5.73 Å². The van der Waals surface area contributed by atoms with Crippen LogP contribution >= 0.6 is 0 Å². The molecule has 0 fully saturated rings. The van der Waals surface area contributed by atoms with Crippen LogP contribution in [0, 0.1) is 12.7 Å². The van der Waals surface area contributed by atoms with E-state index in [9.17, 15) is 4.39 Å². The van der Waals surface area contributed by atoms with Gasteiger partial charge in [-0.1, -0.05) is 23.8 Å². The van der Waals surface area contributed by atoms with Gasteiger partial charge in [-0.3, -0.25) is 0 Å². The third-order valence-corrected chi connectivity index (χ3v) is 1.58. The van der Waals surface area contributed by atoms with Gasteiger partial charge >= 0.3 is 0 Å². The molecule has 1 nitrogen and oxygen atoms in total. The Morgan fingerprint density at radius 3 is 2.92 bits per heavy atom. The second-order valence-electron chi connectivity index (χ2n) is 2.66. The molecule has 2 N–H and O–H groups in total. The molecule has 0 aromatic heterocycles. The van der Waals surface area contributed by atoms with E-state index < -0.39 is 0 Å². The van der Waals surface area contributed by atoms with Crippen LogP contribution in [0.1, 0.15) is 11.1 Å². The molecule has 2 heteroatoms. The van der Waals surface area contributed by atoms with Crippen LogP contribution in [-0.2, 0) is 0 Å². The molecular formula is C10H12FN. The summed E-state index contributed by atoms with van der Waals surface area (Å²) >= 11 is 0. The zero-order chi connectivity index (χ0) is 8.97. The number of nitrogens with two attached hydrogens (primary N) is 1. The molecule has 0 spiro atoms. The average Bonchev–Trinajstić information content (AvgIpc) is 2.07. The number of aryl methyl sites for hydroxylation is 1. The monoisotopic (exact) mass is 165 g/mol. The zero-order valence-electron chi connectivity index (χ0n) is 7.05. The molecule has 64 valence electrons. The van der Waals surface area contributed by atoms with Gasteiger partial charge in [0.2, 0.25) is 0 Å². The number of hydrogen-bond donors (Lipinski definition) is 1. The third kappa shape index (κ3) is 2.17. The number of rotatable bonds is 2. The molecule has 1 aromatic rings. The van der Waals surface area contributed by atoms with Crippen molar-refractivity contribution in [1.29, 1.82) is 0 Å². The van der Waals surface area contributed by atoms with Crippen molar-refractivity contribution in [1.82, 2.24) is 0 Å². The lowest BCUT2D eigenvalue weighted by atomic mass is 10.1. The van der Waals surface area contributed by atoms with Gasteiger partial charge in [0.05, 0.1) is 0 Å². The Balaban J connectivity index is 2.97. The summed E-state index contributed by atoms with van der Waals surface area (Å²) in [4.78, 5) is 0. The number of halogens is 1. The minimum Gasteiger partial charge on any atom is -0.327 e. The van der Waals surface area contributed by atoms with Crippen LogP contribution in [0.2, 0.25) is 0 Å². The maximum Gasteiger partial charge on any atom is 0.130 e. The summed E-state index contributed by atoms with van der Waals surface area (Å²) in [7, 11) is 0. The molecule has 0 saturated carbocycles. The highest BCUT2D eigenvalue weighted by Crippen LogP contribution is 2.11. The molecule has 0 aliphatic heterocycles. The Morgan fingerprint density at radius 2 is 2.25 bits per heavy atom. The Bertz CT molecular complexity index is 292. The highest BCUT2D eigenvalue weighted by atomic mass is 19.1. The second kappa shape index (κ2) is 4.02. The smallest absolute Gasteiger partial charge is 0.130 e. The summed E-state index contributed by atoms with van der Waals surface area (Å²) in [5.74, 6) is -0.203. The summed E-state index contributed by atoms with van der Waals surface area (Å²) in [5, 5.41) is 0. The number of benzene rings is 1. The van der Waals surface area contributed by atoms with E-state index in [0.717, 1.165) is 5.56 Å². The van der Waals surface area contributed by atoms with E-state index >= 15 is 0 Å². The third-order valence-electron chi connectivity index (χ3n) is 1.58. The molecule has 0 aliphatic rings. The van der Waals surface area contributed by atoms with Crippen LogP contribution in [0.5, 0.6) is 0 Å². The van der Waals surface area contributed by atoms with Gasteiger partial charge in [0.1, 0.15) is 5.82 Å². The summed E-state index contributed by atoms with van der Waals surface area (Å²) in [5.41, 5.74) is 6.90. The minimum atomic E-state index is -0.203. The van der Waals surface area contributed by atoms with Gasteiger partial charge in [-0.15, -0.1) is 0 Å². The van der Waals surface area contributed by atoms with E-state index in [0.29, 0.717) is 12.1 Å². The summed E-state index contributed by atoms with van der Waals surface area (Å²) in [6.45, 7) is 2.37. The molecular weight excluding hydrogens is 153 g/mol. The average molecular weight is 165 g/mol. The van der Waals surface area contributed by atoms with E-state index in [-0.39, 0.29) is 5.82 Å². The van der Waals surface area contributed by atoms with Gasteiger partial charge in [-0.25, -0.2) is 4.39 Å². The molecule has 0 amide bonds. The first-order valence-corrected chi connectivity index (χ1v) is 3.87. The van der Waals surface area contributed by atoms with Gasteiger partial charge in [0, 0.05) is 12.1 Å². The van der Waals surface area contributed by atoms with E-state index in [1.54, 1.807) is 24.3 Å². The fourth-order valence-corrected chi connectivity index (χ4v) is 0.986. The van der Waals surface area contributed by atoms with E-state index in [4.69, 9.17) is 5.73 Å². The molecule has 0 radical (unpaired) electrons. The van der Waals surface area contributed by atoms with E-state index in [1.165, 1.54) is 6.07 Å². The quantitative estimate of drug-likeness (QED) is 0.713. The van der Waals surface area contributed by atoms with E-state index in [1.807, 2.05) is 6.92 Å².